The van der Waals surface area contributed by atoms with Gasteiger partial charge >= 0.3 is 0 Å². The molecule has 1 fully saturated rings. The van der Waals surface area contributed by atoms with Gasteiger partial charge in [0.1, 0.15) is 11.3 Å². The summed E-state index contributed by atoms with van der Waals surface area (Å²) in [5.74, 6) is -0.960. The minimum Gasteiger partial charge on any atom is -0.348 e. The third-order valence-corrected chi connectivity index (χ3v) is 10.9. The van der Waals surface area contributed by atoms with Crippen molar-refractivity contribution in [2.45, 2.75) is 62.6 Å². The minimum atomic E-state index is -3.47. The smallest absolute Gasteiger partial charge is 0.270 e. The van der Waals surface area contributed by atoms with Crippen molar-refractivity contribution < 1.29 is 18.0 Å². The van der Waals surface area contributed by atoms with Gasteiger partial charge in [0.05, 0.1) is 21.1 Å². The van der Waals surface area contributed by atoms with Gasteiger partial charge in [0.2, 0.25) is 0 Å². The molecule has 1 saturated carbocycles. The molecule has 9 nitrogen and oxygen atoms in total. The van der Waals surface area contributed by atoms with Gasteiger partial charge in [0, 0.05) is 26.2 Å². The highest BCUT2D eigenvalue weighted by Crippen LogP contribution is 2.49. The topological polar surface area (TPSA) is 129 Å². The number of rotatable bonds is 8. The lowest BCUT2D eigenvalue weighted by Gasteiger charge is -2.35. The van der Waals surface area contributed by atoms with Gasteiger partial charge in [-0.25, -0.2) is 8.42 Å². The van der Waals surface area contributed by atoms with Crippen LogP contribution in [0.1, 0.15) is 72.0 Å². The van der Waals surface area contributed by atoms with Crippen molar-refractivity contribution in [2.75, 3.05) is 13.1 Å². The van der Waals surface area contributed by atoms with Crippen LogP contribution in [0.25, 0.3) is 0 Å². The summed E-state index contributed by atoms with van der Waals surface area (Å²) in [4.78, 5) is 40.4. The SMILES string of the molecule is CCC(C)(C)S(=O)(=O)C1(CN2CCn3c(ccc(C(=O)NCc4ccc(C#N)cc4)c3=O)C2=O)CC1. The highest BCUT2D eigenvalue weighted by Gasteiger charge is 2.60. The first-order valence-corrected chi connectivity index (χ1v) is 13.5. The van der Waals surface area contributed by atoms with Crippen molar-refractivity contribution in [3.8, 4) is 6.07 Å². The molecule has 0 unspecified atom stereocenters. The van der Waals surface area contributed by atoms with Crippen LogP contribution in [0.15, 0.2) is 41.2 Å². The average molecular weight is 511 g/mol. The van der Waals surface area contributed by atoms with Crippen LogP contribution in [0.2, 0.25) is 0 Å². The summed E-state index contributed by atoms with van der Waals surface area (Å²) in [5.41, 5.74) is 0.813. The summed E-state index contributed by atoms with van der Waals surface area (Å²) >= 11 is 0. The Labute approximate surface area is 210 Å². The second kappa shape index (κ2) is 9.21. The number of pyridine rings is 1. The number of nitrogens with zero attached hydrogens (tertiary/aromatic N) is 3. The highest BCUT2D eigenvalue weighted by molar-refractivity contribution is 7.94. The lowest BCUT2D eigenvalue weighted by Crippen LogP contribution is -2.52. The number of carbonyl (C=O) groups is 2. The second-order valence-corrected chi connectivity index (χ2v) is 13.1. The number of sulfone groups is 1. The maximum absolute atomic E-state index is 13.3. The zero-order valence-corrected chi connectivity index (χ0v) is 21.5. The van der Waals surface area contributed by atoms with Crippen LogP contribution in [0, 0.1) is 11.3 Å². The Balaban J connectivity index is 1.49. The number of aromatic nitrogens is 1. The molecule has 1 aliphatic carbocycles. The molecule has 2 aliphatic rings. The third kappa shape index (κ3) is 4.32. The van der Waals surface area contributed by atoms with E-state index in [1.807, 2.05) is 13.0 Å². The molecule has 1 aliphatic heterocycles. The van der Waals surface area contributed by atoms with Crippen molar-refractivity contribution in [2.24, 2.45) is 0 Å². The van der Waals surface area contributed by atoms with Crippen molar-refractivity contribution >= 4 is 21.7 Å². The third-order valence-electron chi connectivity index (χ3n) is 7.49. The Bertz CT molecular complexity index is 1410. The van der Waals surface area contributed by atoms with Crippen LogP contribution in [0.4, 0.5) is 0 Å². The quantitative estimate of drug-likeness (QED) is 0.580. The van der Waals surface area contributed by atoms with Crippen molar-refractivity contribution in [1.82, 2.24) is 14.8 Å². The van der Waals surface area contributed by atoms with Gasteiger partial charge in [-0.2, -0.15) is 5.26 Å². The molecule has 0 saturated heterocycles. The summed E-state index contributed by atoms with van der Waals surface area (Å²) in [5, 5.41) is 11.6. The van der Waals surface area contributed by atoms with E-state index in [9.17, 15) is 22.8 Å². The molecule has 2 aromatic rings. The van der Waals surface area contributed by atoms with Gasteiger partial charge in [-0.3, -0.25) is 14.4 Å². The fourth-order valence-electron chi connectivity index (χ4n) is 4.54. The summed E-state index contributed by atoms with van der Waals surface area (Å²) in [6.07, 6.45) is 1.53. The normalized spacial score (nSPS) is 16.7. The molecule has 1 N–H and O–H groups in total. The van der Waals surface area contributed by atoms with Crippen molar-refractivity contribution in [3.05, 3.63) is 69.1 Å². The van der Waals surface area contributed by atoms with Gasteiger partial charge in [0.15, 0.2) is 9.84 Å². The largest absolute Gasteiger partial charge is 0.348 e. The number of benzene rings is 1. The zero-order chi connectivity index (χ0) is 26.3. The van der Waals surface area contributed by atoms with Gasteiger partial charge in [0.25, 0.3) is 17.4 Å². The Morgan fingerprint density at radius 1 is 1.11 bits per heavy atom. The molecule has 36 heavy (non-hydrogen) atoms. The van der Waals surface area contributed by atoms with E-state index >= 15 is 0 Å². The maximum atomic E-state index is 13.3. The molecule has 4 rings (SSSR count). The first-order chi connectivity index (χ1) is 17.0. The minimum absolute atomic E-state index is 0.0698. The summed E-state index contributed by atoms with van der Waals surface area (Å²) in [6.45, 7) is 5.98. The van der Waals surface area contributed by atoms with Gasteiger partial charge < -0.3 is 14.8 Å². The van der Waals surface area contributed by atoms with Crippen molar-refractivity contribution in [3.63, 3.8) is 0 Å². The number of fused-ring (bicyclic) bond motifs is 1. The van der Waals surface area contributed by atoms with E-state index in [-0.39, 0.29) is 37.4 Å². The van der Waals surface area contributed by atoms with Crippen LogP contribution in [-0.2, 0) is 22.9 Å². The Hall–Kier alpha value is -3.45. The number of nitrogens with one attached hydrogen (secondary N) is 1. The van der Waals surface area contributed by atoms with E-state index in [4.69, 9.17) is 5.26 Å². The van der Waals surface area contributed by atoms with E-state index in [1.54, 1.807) is 38.1 Å². The van der Waals surface area contributed by atoms with Crippen LogP contribution in [-0.4, -0.2) is 52.3 Å². The Morgan fingerprint density at radius 2 is 1.78 bits per heavy atom. The average Bonchev–Trinajstić information content (AvgIpc) is 3.66. The fraction of sp³-hybridized carbons (Fsp3) is 0.462. The van der Waals surface area contributed by atoms with E-state index in [0.717, 1.165) is 5.56 Å². The lowest BCUT2D eigenvalue weighted by molar-refractivity contribution is 0.0694. The Morgan fingerprint density at radius 3 is 2.36 bits per heavy atom. The summed E-state index contributed by atoms with van der Waals surface area (Å²) in [7, 11) is -3.47. The van der Waals surface area contributed by atoms with E-state index < -0.39 is 36.7 Å². The van der Waals surface area contributed by atoms with Gasteiger partial charge in [-0.05, 0) is 62.9 Å². The van der Waals surface area contributed by atoms with Crippen LogP contribution in [0.5, 0.6) is 0 Å². The molecule has 0 spiro atoms. The van der Waals surface area contributed by atoms with Crippen molar-refractivity contribution in [1.29, 1.82) is 5.26 Å². The lowest BCUT2D eigenvalue weighted by atomic mass is 10.1. The van der Waals surface area contributed by atoms with Gasteiger partial charge in [-0.15, -0.1) is 0 Å². The number of amides is 2. The van der Waals surface area contributed by atoms with E-state index in [0.29, 0.717) is 24.8 Å². The molecule has 1 aromatic heterocycles. The first-order valence-electron chi connectivity index (χ1n) is 12.0. The van der Waals surface area contributed by atoms with Crippen LogP contribution >= 0.6 is 0 Å². The van der Waals surface area contributed by atoms with E-state index in [1.165, 1.54) is 21.6 Å². The molecule has 0 atom stereocenters. The first kappa shape index (κ1) is 25.6. The number of hydrogen-bond donors (Lipinski definition) is 1. The van der Waals surface area contributed by atoms with Gasteiger partial charge in [-0.1, -0.05) is 19.1 Å². The number of nitriles is 1. The zero-order valence-electron chi connectivity index (χ0n) is 20.7. The Kier molecular flexibility index (Phi) is 6.56. The predicted molar refractivity (Wildman–Crippen MR) is 134 cm³/mol. The molecule has 2 amide bonds. The molecular formula is C26H30N4O5S. The predicted octanol–water partition coefficient (Wildman–Crippen LogP) is 2.24. The van der Waals surface area contributed by atoms with Crippen LogP contribution < -0.4 is 10.9 Å². The second-order valence-electron chi connectivity index (χ2n) is 10.1. The molecule has 0 bridgehead atoms. The fourth-order valence-corrected chi connectivity index (χ4v) is 7.06. The molecule has 0 radical (unpaired) electrons. The number of carbonyl (C=O) groups excluding carboxylic acids is 2. The van der Waals surface area contributed by atoms with Crippen LogP contribution in [0.3, 0.4) is 0 Å². The standard InChI is InChI=1S/C26H30N4O5S/c1-4-25(2,3)36(34,35)26(11-12-26)17-29-13-14-30-21(24(29)33)10-9-20(23(30)32)22(31)28-16-19-7-5-18(15-27)6-8-19/h5-10H,4,11-14,16-17H2,1-3H3,(H,28,31). The number of hydrogen-bond acceptors (Lipinski definition) is 6. The monoisotopic (exact) mass is 510 g/mol. The molecule has 1 aromatic carbocycles. The summed E-state index contributed by atoms with van der Waals surface area (Å²) in [6, 6.07) is 11.6. The molecule has 190 valence electrons. The summed E-state index contributed by atoms with van der Waals surface area (Å²) < 4.78 is 26.1. The highest BCUT2D eigenvalue weighted by atomic mass is 32.2. The van der Waals surface area contributed by atoms with E-state index in [2.05, 4.69) is 5.32 Å². The molecular weight excluding hydrogens is 480 g/mol. The molecule has 2 heterocycles. The molecule has 10 heteroatoms. The maximum Gasteiger partial charge on any atom is 0.270 e.